The van der Waals surface area contributed by atoms with Gasteiger partial charge in [-0.1, -0.05) is 13.8 Å². The van der Waals surface area contributed by atoms with Crippen LogP contribution in [0.5, 0.6) is 5.75 Å². The number of urea groups is 1. The SMILES string of the molecule is CC(C)CNC(=O)NC(=O)COc1ccc(C(N)=O)cc1. The van der Waals surface area contributed by atoms with Crippen molar-refractivity contribution in [1.82, 2.24) is 10.6 Å². The number of nitrogens with one attached hydrogen (secondary N) is 2. The predicted octanol–water partition coefficient (Wildman–Crippen LogP) is 0.646. The molecule has 0 fully saturated rings. The summed E-state index contributed by atoms with van der Waals surface area (Å²) in [6.45, 7) is 4.07. The van der Waals surface area contributed by atoms with E-state index >= 15 is 0 Å². The molecule has 7 heteroatoms. The van der Waals surface area contributed by atoms with Gasteiger partial charge in [-0.2, -0.15) is 0 Å². The summed E-state index contributed by atoms with van der Waals surface area (Å²) in [6, 6.07) is 5.47. The molecule has 0 unspecified atom stereocenters. The van der Waals surface area contributed by atoms with Gasteiger partial charge in [0.2, 0.25) is 5.91 Å². The quantitative estimate of drug-likeness (QED) is 0.715. The van der Waals surface area contributed by atoms with Crippen LogP contribution in [0.25, 0.3) is 0 Å². The first kappa shape index (κ1) is 16.5. The highest BCUT2D eigenvalue weighted by Gasteiger charge is 2.09. The molecular formula is C14H19N3O4. The van der Waals surface area contributed by atoms with Crippen LogP contribution in [0.1, 0.15) is 24.2 Å². The van der Waals surface area contributed by atoms with Crippen LogP contribution in [0, 0.1) is 5.92 Å². The van der Waals surface area contributed by atoms with Crippen molar-refractivity contribution in [2.45, 2.75) is 13.8 Å². The van der Waals surface area contributed by atoms with E-state index in [1.165, 1.54) is 24.3 Å². The molecule has 0 aliphatic rings. The number of rotatable bonds is 6. The highest BCUT2D eigenvalue weighted by atomic mass is 16.5. The summed E-state index contributed by atoms with van der Waals surface area (Å²) < 4.78 is 5.18. The summed E-state index contributed by atoms with van der Waals surface area (Å²) >= 11 is 0. The Kier molecular flexibility index (Phi) is 6.19. The summed E-state index contributed by atoms with van der Waals surface area (Å²) in [7, 11) is 0. The van der Waals surface area contributed by atoms with E-state index in [4.69, 9.17) is 10.5 Å². The number of carbonyl (C=O) groups is 3. The third-order valence-corrected chi connectivity index (χ3v) is 2.43. The molecule has 0 heterocycles. The van der Waals surface area contributed by atoms with Crippen LogP contribution in [0.4, 0.5) is 4.79 Å². The zero-order chi connectivity index (χ0) is 15.8. The van der Waals surface area contributed by atoms with Crippen molar-refractivity contribution in [2.75, 3.05) is 13.2 Å². The van der Waals surface area contributed by atoms with Gasteiger partial charge in [-0.3, -0.25) is 14.9 Å². The van der Waals surface area contributed by atoms with Crippen molar-refractivity contribution in [1.29, 1.82) is 0 Å². The molecule has 4 N–H and O–H groups in total. The first-order valence-corrected chi connectivity index (χ1v) is 6.49. The molecule has 0 spiro atoms. The van der Waals surface area contributed by atoms with Crippen molar-refractivity contribution in [3.05, 3.63) is 29.8 Å². The van der Waals surface area contributed by atoms with Gasteiger partial charge < -0.3 is 15.8 Å². The molecule has 0 bridgehead atoms. The van der Waals surface area contributed by atoms with Gasteiger partial charge in [0.05, 0.1) is 0 Å². The lowest BCUT2D eigenvalue weighted by Gasteiger charge is -2.09. The highest BCUT2D eigenvalue weighted by molar-refractivity contribution is 5.95. The lowest BCUT2D eigenvalue weighted by molar-refractivity contribution is -0.122. The smallest absolute Gasteiger partial charge is 0.321 e. The largest absolute Gasteiger partial charge is 0.484 e. The summed E-state index contributed by atoms with van der Waals surface area (Å²) in [6.07, 6.45) is 0. The Labute approximate surface area is 122 Å². The molecule has 0 aliphatic carbocycles. The van der Waals surface area contributed by atoms with E-state index in [0.29, 0.717) is 23.8 Å². The summed E-state index contributed by atoms with van der Waals surface area (Å²) in [5.41, 5.74) is 5.45. The third kappa shape index (κ3) is 6.42. The van der Waals surface area contributed by atoms with Gasteiger partial charge in [0.15, 0.2) is 6.61 Å². The number of primary amides is 1. The minimum absolute atomic E-state index is 0.297. The molecule has 0 saturated carbocycles. The molecule has 0 saturated heterocycles. The van der Waals surface area contributed by atoms with Crippen molar-refractivity contribution in [3.63, 3.8) is 0 Å². The number of benzene rings is 1. The lowest BCUT2D eigenvalue weighted by Crippen LogP contribution is -2.42. The number of carbonyl (C=O) groups excluding carboxylic acids is 3. The maximum absolute atomic E-state index is 11.5. The van der Waals surface area contributed by atoms with E-state index in [9.17, 15) is 14.4 Å². The fourth-order valence-corrected chi connectivity index (χ4v) is 1.37. The highest BCUT2D eigenvalue weighted by Crippen LogP contribution is 2.11. The van der Waals surface area contributed by atoms with Crippen molar-refractivity contribution in [2.24, 2.45) is 11.7 Å². The van der Waals surface area contributed by atoms with Crippen molar-refractivity contribution >= 4 is 17.8 Å². The van der Waals surface area contributed by atoms with Crippen molar-refractivity contribution in [3.8, 4) is 5.75 Å². The molecule has 0 aliphatic heterocycles. The van der Waals surface area contributed by atoms with Crippen LogP contribution in [0.2, 0.25) is 0 Å². The van der Waals surface area contributed by atoms with E-state index in [1.54, 1.807) is 0 Å². The van der Waals surface area contributed by atoms with Crippen LogP contribution >= 0.6 is 0 Å². The maximum Gasteiger partial charge on any atom is 0.321 e. The van der Waals surface area contributed by atoms with Crippen LogP contribution in [0.3, 0.4) is 0 Å². The lowest BCUT2D eigenvalue weighted by atomic mass is 10.2. The number of hydrogen-bond acceptors (Lipinski definition) is 4. The number of amides is 4. The zero-order valence-corrected chi connectivity index (χ0v) is 12.0. The van der Waals surface area contributed by atoms with E-state index < -0.39 is 17.8 Å². The Morgan fingerprint density at radius 3 is 2.33 bits per heavy atom. The van der Waals surface area contributed by atoms with E-state index in [2.05, 4.69) is 10.6 Å². The van der Waals surface area contributed by atoms with Gasteiger partial charge in [0.25, 0.3) is 5.91 Å². The molecule has 1 rings (SSSR count). The molecular weight excluding hydrogens is 274 g/mol. The molecule has 4 amide bonds. The number of imide groups is 1. The van der Waals surface area contributed by atoms with Gasteiger partial charge in [0, 0.05) is 12.1 Å². The average molecular weight is 293 g/mol. The Hall–Kier alpha value is -2.57. The van der Waals surface area contributed by atoms with Crippen LogP contribution < -0.4 is 21.1 Å². The van der Waals surface area contributed by atoms with Crippen LogP contribution in [0.15, 0.2) is 24.3 Å². The number of nitrogens with two attached hydrogens (primary N) is 1. The monoisotopic (exact) mass is 293 g/mol. The Balaban J connectivity index is 2.35. The maximum atomic E-state index is 11.5. The minimum Gasteiger partial charge on any atom is -0.484 e. The first-order valence-electron chi connectivity index (χ1n) is 6.49. The second-order valence-electron chi connectivity index (χ2n) is 4.83. The second-order valence-corrected chi connectivity index (χ2v) is 4.83. The molecule has 1 aromatic carbocycles. The summed E-state index contributed by atoms with van der Waals surface area (Å²) in [5, 5.41) is 4.70. The summed E-state index contributed by atoms with van der Waals surface area (Å²) in [5.74, 6) is -0.403. The number of ether oxygens (including phenoxy) is 1. The average Bonchev–Trinajstić information content (AvgIpc) is 2.43. The van der Waals surface area contributed by atoms with Crippen LogP contribution in [-0.4, -0.2) is 31.0 Å². The van der Waals surface area contributed by atoms with Crippen LogP contribution in [-0.2, 0) is 4.79 Å². The van der Waals surface area contributed by atoms with Gasteiger partial charge in [0.1, 0.15) is 5.75 Å². The molecule has 114 valence electrons. The fourth-order valence-electron chi connectivity index (χ4n) is 1.37. The molecule has 0 radical (unpaired) electrons. The van der Waals surface area contributed by atoms with Gasteiger partial charge in [-0.05, 0) is 30.2 Å². The Bertz CT molecular complexity index is 511. The van der Waals surface area contributed by atoms with E-state index in [1.807, 2.05) is 13.8 Å². The Morgan fingerprint density at radius 1 is 1.19 bits per heavy atom. The van der Waals surface area contributed by atoms with E-state index in [0.717, 1.165) is 0 Å². The molecule has 0 aromatic heterocycles. The molecule has 0 atom stereocenters. The van der Waals surface area contributed by atoms with Gasteiger partial charge in [-0.15, -0.1) is 0 Å². The first-order chi connectivity index (χ1) is 9.88. The Morgan fingerprint density at radius 2 is 1.81 bits per heavy atom. The molecule has 7 nitrogen and oxygen atoms in total. The standard InChI is InChI=1S/C14H19N3O4/c1-9(2)7-16-14(20)17-12(18)8-21-11-5-3-10(4-6-11)13(15)19/h3-6,9H,7-8H2,1-2H3,(H2,15,19)(H2,16,17,18,20). The zero-order valence-electron chi connectivity index (χ0n) is 12.0. The normalized spacial score (nSPS) is 10.0. The second kappa shape index (κ2) is 7.88. The summed E-state index contributed by atoms with van der Waals surface area (Å²) in [4.78, 5) is 33.7. The topological polar surface area (TPSA) is 111 Å². The van der Waals surface area contributed by atoms with Crippen molar-refractivity contribution < 1.29 is 19.1 Å². The molecule has 1 aromatic rings. The minimum atomic E-state index is -0.560. The van der Waals surface area contributed by atoms with Gasteiger partial charge >= 0.3 is 6.03 Å². The number of hydrogen-bond donors (Lipinski definition) is 3. The van der Waals surface area contributed by atoms with Gasteiger partial charge in [-0.25, -0.2) is 4.79 Å². The molecule has 21 heavy (non-hydrogen) atoms. The van der Waals surface area contributed by atoms with E-state index in [-0.39, 0.29) is 6.61 Å². The third-order valence-electron chi connectivity index (χ3n) is 2.43. The predicted molar refractivity (Wildman–Crippen MR) is 76.8 cm³/mol. The fraction of sp³-hybridized carbons (Fsp3) is 0.357.